The van der Waals surface area contributed by atoms with Crippen LogP contribution in [0.3, 0.4) is 0 Å². The maximum absolute atomic E-state index is 8.97. The quantitative estimate of drug-likeness (QED) is 0.604. The highest BCUT2D eigenvalue weighted by Crippen LogP contribution is 2.19. The van der Waals surface area contributed by atoms with Crippen LogP contribution < -0.4 is 9.64 Å². The second-order valence-corrected chi connectivity index (χ2v) is 4.15. The van der Waals surface area contributed by atoms with Crippen LogP contribution in [0, 0.1) is 11.3 Å². The Morgan fingerprint density at radius 3 is 2.21 bits per heavy atom. The molecule has 0 radical (unpaired) electrons. The van der Waals surface area contributed by atoms with E-state index >= 15 is 0 Å². The van der Waals surface area contributed by atoms with Crippen molar-refractivity contribution in [2.75, 3.05) is 11.4 Å². The SMILES string of the molecule is CC(Oc1ccccc1)N(CC#N)c1ccccc1. The first kappa shape index (κ1) is 13.0. The molecule has 3 heteroatoms. The molecule has 1 atom stereocenters. The van der Waals surface area contributed by atoms with Gasteiger partial charge >= 0.3 is 0 Å². The van der Waals surface area contributed by atoms with E-state index in [-0.39, 0.29) is 12.8 Å². The van der Waals surface area contributed by atoms with Gasteiger partial charge in [-0.1, -0.05) is 36.4 Å². The van der Waals surface area contributed by atoms with E-state index in [2.05, 4.69) is 6.07 Å². The van der Waals surface area contributed by atoms with Crippen LogP contribution in [0.25, 0.3) is 0 Å². The molecule has 0 aliphatic heterocycles. The number of ether oxygens (including phenoxy) is 1. The molecule has 0 fully saturated rings. The Morgan fingerprint density at radius 2 is 1.63 bits per heavy atom. The van der Waals surface area contributed by atoms with Gasteiger partial charge in [0.2, 0.25) is 0 Å². The lowest BCUT2D eigenvalue weighted by molar-refractivity contribution is 0.218. The Balaban J connectivity index is 2.14. The van der Waals surface area contributed by atoms with Crippen molar-refractivity contribution >= 4 is 5.69 Å². The van der Waals surface area contributed by atoms with E-state index < -0.39 is 0 Å². The normalized spacial score (nSPS) is 11.4. The molecular formula is C16H16N2O. The number of benzene rings is 2. The highest BCUT2D eigenvalue weighted by Gasteiger charge is 2.15. The molecule has 2 rings (SSSR count). The van der Waals surface area contributed by atoms with E-state index in [9.17, 15) is 0 Å². The number of anilines is 1. The van der Waals surface area contributed by atoms with Crippen molar-refractivity contribution in [2.24, 2.45) is 0 Å². The van der Waals surface area contributed by atoms with E-state index in [1.165, 1.54) is 0 Å². The van der Waals surface area contributed by atoms with Gasteiger partial charge in [-0.15, -0.1) is 0 Å². The van der Waals surface area contributed by atoms with E-state index in [0.29, 0.717) is 0 Å². The van der Waals surface area contributed by atoms with Crippen molar-refractivity contribution in [3.05, 3.63) is 60.7 Å². The average molecular weight is 252 g/mol. The van der Waals surface area contributed by atoms with Gasteiger partial charge in [-0.2, -0.15) is 5.26 Å². The molecule has 96 valence electrons. The van der Waals surface area contributed by atoms with Crippen molar-refractivity contribution in [2.45, 2.75) is 13.2 Å². The summed E-state index contributed by atoms with van der Waals surface area (Å²) in [6.07, 6.45) is -0.204. The van der Waals surface area contributed by atoms with Gasteiger partial charge < -0.3 is 9.64 Å². The minimum Gasteiger partial charge on any atom is -0.471 e. The molecule has 1 unspecified atom stereocenters. The fourth-order valence-electron chi connectivity index (χ4n) is 1.89. The number of para-hydroxylation sites is 2. The zero-order valence-corrected chi connectivity index (χ0v) is 10.9. The first-order valence-corrected chi connectivity index (χ1v) is 6.21. The van der Waals surface area contributed by atoms with Gasteiger partial charge in [-0.25, -0.2) is 0 Å². The molecule has 2 aromatic carbocycles. The van der Waals surface area contributed by atoms with Crippen LogP contribution in [0.2, 0.25) is 0 Å². The van der Waals surface area contributed by atoms with Gasteiger partial charge in [0, 0.05) is 5.69 Å². The van der Waals surface area contributed by atoms with Gasteiger partial charge in [0.05, 0.1) is 6.07 Å². The fourth-order valence-corrected chi connectivity index (χ4v) is 1.89. The van der Waals surface area contributed by atoms with Crippen LogP contribution in [0.5, 0.6) is 5.75 Å². The molecule has 2 aromatic rings. The molecule has 0 saturated heterocycles. The molecule has 0 heterocycles. The van der Waals surface area contributed by atoms with Crippen molar-refractivity contribution in [3.63, 3.8) is 0 Å². The summed E-state index contributed by atoms with van der Waals surface area (Å²) in [6.45, 7) is 2.23. The van der Waals surface area contributed by atoms with Crippen molar-refractivity contribution < 1.29 is 4.74 Å². The van der Waals surface area contributed by atoms with E-state index in [0.717, 1.165) is 11.4 Å². The molecule has 0 aliphatic rings. The molecule has 0 aromatic heterocycles. The Kier molecular flexibility index (Phi) is 4.41. The van der Waals surface area contributed by atoms with E-state index in [1.54, 1.807) is 0 Å². The van der Waals surface area contributed by atoms with Gasteiger partial charge in [0.15, 0.2) is 6.23 Å². The molecule has 0 saturated carbocycles. The standard InChI is InChI=1S/C16H16N2O/c1-14(19-16-10-6-3-7-11-16)18(13-12-17)15-8-4-2-5-9-15/h2-11,14H,13H2,1H3. The van der Waals surface area contributed by atoms with E-state index in [4.69, 9.17) is 10.00 Å². The van der Waals surface area contributed by atoms with Gasteiger partial charge in [-0.05, 0) is 31.2 Å². The third-order valence-electron chi connectivity index (χ3n) is 2.82. The molecule has 0 bridgehead atoms. The summed E-state index contributed by atoms with van der Waals surface area (Å²) in [5.41, 5.74) is 0.979. The summed E-state index contributed by atoms with van der Waals surface area (Å²) >= 11 is 0. The highest BCUT2D eigenvalue weighted by molar-refractivity contribution is 5.47. The Labute approximate surface area is 113 Å². The van der Waals surface area contributed by atoms with Crippen molar-refractivity contribution in [1.29, 1.82) is 5.26 Å². The molecular weight excluding hydrogens is 236 g/mol. The molecule has 19 heavy (non-hydrogen) atoms. The summed E-state index contributed by atoms with van der Waals surface area (Å²) in [5, 5.41) is 8.97. The summed E-state index contributed by atoms with van der Waals surface area (Å²) in [4.78, 5) is 1.92. The zero-order chi connectivity index (χ0) is 13.5. The second-order valence-electron chi connectivity index (χ2n) is 4.15. The minimum atomic E-state index is -0.204. The number of nitriles is 1. The van der Waals surface area contributed by atoms with E-state index in [1.807, 2.05) is 72.5 Å². The predicted octanol–water partition coefficient (Wildman–Crippen LogP) is 3.44. The Bertz CT molecular complexity index is 534. The second kappa shape index (κ2) is 6.46. The molecule has 3 nitrogen and oxygen atoms in total. The Hall–Kier alpha value is -2.47. The predicted molar refractivity (Wildman–Crippen MR) is 75.9 cm³/mol. The molecule has 0 spiro atoms. The third kappa shape index (κ3) is 3.49. The molecule has 0 N–H and O–H groups in total. The first-order chi connectivity index (χ1) is 9.31. The smallest absolute Gasteiger partial charge is 0.170 e. The third-order valence-corrected chi connectivity index (χ3v) is 2.82. The van der Waals surface area contributed by atoms with Crippen LogP contribution >= 0.6 is 0 Å². The zero-order valence-electron chi connectivity index (χ0n) is 10.9. The Morgan fingerprint density at radius 1 is 1.05 bits per heavy atom. The number of hydrogen-bond donors (Lipinski definition) is 0. The van der Waals surface area contributed by atoms with Crippen LogP contribution in [-0.2, 0) is 0 Å². The van der Waals surface area contributed by atoms with Crippen molar-refractivity contribution in [3.8, 4) is 11.8 Å². The lowest BCUT2D eigenvalue weighted by atomic mass is 10.3. The van der Waals surface area contributed by atoms with Gasteiger partial charge in [-0.3, -0.25) is 0 Å². The first-order valence-electron chi connectivity index (χ1n) is 6.21. The van der Waals surface area contributed by atoms with Gasteiger partial charge in [0.1, 0.15) is 12.3 Å². The summed E-state index contributed by atoms with van der Waals surface area (Å²) in [6, 6.07) is 21.6. The maximum Gasteiger partial charge on any atom is 0.170 e. The van der Waals surface area contributed by atoms with Crippen LogP contribution in [0.1, 0.15) is 6.92 Å². The topological polar surface area (TPSA) is 36.3 Å². The van der Waals surface area contributed by atoms with Crippen LogP contribution in [0.15, 0.2) is 60.7 Å². The summed E-state index contributed by atoms with van der Waals surface area (Å²) < 4.78 is 5.86. The largest absolute Gasteiger partial charge is 0.471 e. The highest BCUT2D eigenvalue weighted by atomic mass is 16.5. The summed E-state index contributed by atoms with van der Waals surface area (Å²) in [5.74, 6) is 0.800. The van der Waals surface area contributed by atoms with Gasteiger partial charge in [0.25, 0.3) is 0 Å². The lowest BCUT2D eigenvalue weighted by Crippen LogP contribution is -2.37. The maximum atomic E-state index is 8.97. The fraction of sp³-hybridized carbons (Fsp3) is 0.188. The number of nitrogens with zero attached hydrogens (tertiary/aromatic N) is 2. The van der Waals surface area contributed by atoms with Crippen molar-refractivity contribution in [1.82, 2.24) is 0 Å². The number of hydrogen-bond acceptors (Lipinski definition) is 3. The van der Waals surface area contributed by atoms with Crippen LogP contribution in [-0.4, -0.2) is 12.8 Å². The molecule has 0 amide bonds. The summed E-state index contributed by atoms with van der Waals surface area (Å²) in [7, 11) is 0. The monoisotopic (exact) mass is 252 g/mol. The number of rotatable bonds is 5. The van der Waals surface area contributed by atoms with Crippen LogP contribution in [0.4, 0.5) is 5.69 Å². The molecule has 0 aliphatic carbocycles. The minimum absolute atomic E-state index is 0.204. The average Bonchev–Trinajstić information content (AvgIpc) is 2.46. The lowest BCUT2D eigenvalue weighted by Gasteiger charge is -2.29.